The lowest BCUT2D eigenvalue weighted by Gasteiger charge is -2.06. The van der Waals surface area contributed by atoms with Crippen molar-refractivity contribution in [2.24, 2.45) is 0 Å². The Hall–Kier alpha value is -2.41. The number of aromatic nitrogens is 2. The van der Waals surface area contributed by atoms with Crippen molar-refractivity contribution in [2.45, 2.75) is 6.10 Å². The molecule has 2 heterocycles. The molecule has 2 rings (SSSR count). The molecule has 0 aliphatic heterocycles. The molecule has 0 aliphatic rings. The maximum absolute atomic E-state index is 11.8. The van der Waals surface area contributed by atoms with Gasteiger partial charge in [-0.1, -0.05) is 6.07 Å². The molecule has 2 aromatic rings. The van der Waals surface area contributed by atoms with Crippen LogP contribution < -0.4 is 5.32 Å². The number of aliphatic carboxylic acids is 1. The summed E-state index contributed by atoms with van der Waals surface area (Å²) in [5, 5.41) is 23.8. The summed E-state index contributed by atoms with van der Waals surface area (Å²) in [5.74, 6) is -1.85. The van der Waals surface area contributed by atoms with E-state index in [9.17, 15) is 9.59 Å². The molecule has 18 heavy (non-hydrogen) atoms. The Morgan fingerprint density at radius 2 is 2.22 bits per heavy atom. The largest absolute Gasteiger partial charge is 0.479 e. The lowest BCUT2D eigenvalue weighted by molar-refractivity contribution is -0.146. The average Bonchev–Trinajstić information content (AvgIpc) is 2.79. The van der Waals surface area contributed by atoms with E-state index in [2.05, 4.69) is 10.4 Å². The minimum Gasteiger partial charge on any atom is -0.479 e. The monoisotopic (exact) mass is 249 g/mol. The molecule has 1 unspecified atom stereocenters. The lowest BCUT2D eigenvalue weighted by atomic mass is 10.2. The second-order valence-electron chi connectivity index (χ2n) is 3.65. The summed E-state index contributed by atoms with van der Waals surface area (Å²) in [6, 6.07) is 5.26. The highest BCUT2D eigenvalue weighted by Crippen LogP contribution is 2.09. The van der Waals surface area contributed by atoms with Crippen molar-refractivity contribution in [1.82, 2.24) is 14.9 Å². The molecule has 2 aromatic heterocycles. The number of carboxylic acids is 1. The van der Waals surface area contributed by atoms with Crippen molar-refractivity contribution < 1.29 is 19.8 Å². The number of amides is 1. The Balaban J connectivity index is 2.12. The summed E-state index contributed by atoms with van der Waals surface area (Å²) in [7, 11) is 0. The number of nitrogens with one attached hydrogen (secondary N) is 1. The average molecular weight is 249 g/mol. The number of carbonyl (C=O) groups excluding carboxylic acids is 1. The SMILES string of the molecule is O=C(NCC(O)C(=O)O)c1cnn2ccccc12. The number of fused-ring (bicyclic) bond motifs is 1. The summed E-state index contributed by atoms with van der Waals surface area (Å²) >= 11 is 0. The summed E-state index contributed by atoms with van der Waals surface area (Å²) in [6.07, 6.45) is 1.46. The molecule has 7 heteroatoms. The predicted octanol–water partition coefficient (Wildman–Crippen LogP) is -0.490. The lowest BCUT2D eigenvalue weighted by Crippen LogP contribution is -2.36. The second kappa shape index (κ2) is 4.84. The molecule has 94 valence electrons. The van der Waals surface area contributed by atoms with Crippen LogP contribution in [0.15, 0.2) is 30.6 Å². The normalized spacial score (nSPS) is 12.3. The zero-order valence-corrected chi connectivity index (χ0v) is 9.28. The number of hydrogen-bond donors (Lipinski definition) is 3. The van der Waals surface area contributed by atoms with Gasteiger partial charge in [0.25, 0.3) is 5.91 Å². The molecule has 0 aliphatic carbocycles. The fourth-order valence-corrected chi connectivity index (χ4v) is 1.48. The number of rotatable bonds is 4. The molecule has 0 radical (unpaired) electrons. The minimum atomic E-state index is -1.62. The van der Waals surface area contributed by atoms with Crippen molar-refractivity contribution in [3.8, 4) is 0 Å². The molecule has 0 spiro atoms. The summed E-state index contributed by atoms with van der Waals surface area (Å²) in [5.41, 5.74) is 0.938. The van der Waals surface area contributed by atoms with Gasteiger partial charge in [0.15, 0.2) is 6.10 Å². The summed E-state index contributed by atoms with van der Waals surface area (Å²) in [6.45, 7) is -0.349. The fourth-order valence-electron chi connectivity index (χ4n) is 1.48. The van der Waals surface area contributed by atoms with Crippen LogP contribution in [0.3, 0.4) is 0 Å². The van der Waals surface area contributed by atoms with Gasteiger partial charge >= 0.3 is 5.97 Å². The Labute approximate surface area is 102 Å². The molecule has 0 fully saturated rings. The van der Waals surface area contributed by atoms with Crippen molar-refractivity contribution in [1.29, 1.82) is 0 Å². The van der Waals surface area contributed by atoms with E-state index in [1.165, 1.54) is 10.7 Å². The van der Waals surface area contributed by atoms with Gasteiger partial charge in [-0.25, -0.2) is 9.31 Å². The van der Waals surface area contributed by atoms with Crippen LogP contribution in [0.4, 0.5) is 0 Å². The quantitative estimate of drug-likeness (QED) is 0.678. The maximum atomic E-state index is 11.8. The van der Waals surface area contributed by atoms with Gasteiger partial charge in [-0.2, -0.15) is 5.10 Å². The Kier molecular flexibility index (Phi) is 3.24. The van der Waals surface area contributed by atoms with Crippen LogP contribution in [0.1, 0.15) is 10.4 Å². The van der Waals surface area contributed by atoms with Crippen molar-refractivity contribution in [3.05, 3.63) is 36.2 Å². The highest BCUT2D eigenvalue weighted by molar-refractivity contribution is 6.00. The van der Waals surface area contributed by atoms with Gasteiger partial charge in [-0.05, 0) is 12.1 Å². The standard InChI is InChI=1S/C11H11N3O4/c15-9(11(17)18)6-12-10(16)7-5-13-14-4-2-1-3-8(7)14/h1-5,9,15H,6H2,(H,12,16)(H,17,18). The topological polar surface area (TPSA) is 104 Å². The molecule has 0 saturated carbocycles. The fraction of sp³-hybridized carbons (Fsp3) is 0.182. The van der Waals surface area contributed by atoms with Gasteiger partial charge < -0.3 is 15.5 Å². The molecule has 1 amide bonds. The van der Waals surface area contributed by atoms with Crippen LogP contribution in [0.2, 0.25) is 0 Å². The number of pyridine rings is 1. The Morgan fingerprint density at radius 3 is 2.94 bits per heavy atom. The Morgan fingerprint density at radius 1 is 1.44 bits per heavy atom. The van der Waals surface area contributed by atoms with E-state index in [1.54, 1.807) is 24.4 Å². The van der Waals surface area contributed by atoms with E-state index in [4.69, 9.17) is 10.2 Å². The molecular formula is C11H11N3O4. The first-order valence-electron chi connectivity index (χ1n) is 5.21. The second-order valence-corrected chi connectivity index (χ2v) is 3.65. The van der Waals surface area contributed by atoms with Crippen LogP contribution in [-0.4, -0.2) is 44.4 Å². The minimum absolute atomic E-state index is 0.327. The smallest absolute Gasteiger partial charge is 0.334 e. The number of carboxylic acid groups (broad SMARTS) is 1. The first kappa shape index (κ1) is 12.1. The molecule has 0 saturated heterocycles. The first-order chi connectivity index (χ1) is 8.59. The van der Waals surface area contributed by atoms with Gasteiger partial charge in [-0.15, -0.1) is 0 Å². The molecule has 1 atom stereocenters. The van der Waals surface area contributed by atoms with Crippen LogP contribution in [0.25, 0.3) is 5.52 Å². The van der Waals surface area contributed by atoms with E-state index >= 15 is 0 Å². The third kappa shape index (κ3) is 2.30. The van der Waals surface area contributed by atoms with Crippen LogP contribution >= 0.6 is 0 Å². The zero-order valence-electron chi connectivity index (χ0n) is 9.28. The molecule has 0 bridgehead atoms. The van der Waals surface area contributed by atoms with Gasteiger partial charge in [0, 0.05) is 6.20 Å². The molecule has 3 N–H and O–H groups in total. The van der Waals surface area contributed by atoms with Crippen molar-refractivity contribution in [3.63, 3.8) is 0 Å². The maximum Gasteiger partial charge on any atom is 0.334 e. The van der Waals surface area contributed by atoms with E-state index in [0.29, 0.717) is 11.1 Å². The highest BCUT2D eigenvalue weighted by Gasteiger charge is 2.17. The third-order valence-corrected chi connectivity index (χ3v) is 2.41. The van der Waals surface area contributed by atoms with Gasteiger partial charge in [0.1, 0.15) is 0 Å². The van der Waals surface area contributed by atoms with E-state index < -0.39 is 18.0 Å². The van der Waals surface area contributed by atoms with Crippen LogP contribution in [0.5, 0.6) is 0 Å². The van der Waals surface area contributed by atoms with Gasteiger partial charge in [0.05, 0.1) is 23.8 Å². The van der Waals surface area contributed by atoms with E-state index in [0.717, 1.165) is 0 Å². The molecule has 7 nitrogen and oxygen atoms in total. The number of carbonyl (C=O) groups is 2. The number of aliphatic hydroxyl groups is 1. The molecule has 0 aromatic carbocycles. The van der Waals surface area contributed by atoms with E-state index in [1.807, 2.05) is 0 Å². The third-order valence-electron chi connectivity index (χ3n) is 2.41. The van der Waals surface area contributed by atoms with Crippen molar-refractivity contribution in [2.75, 3.05) is 6.54 Å². The first-order valence-corrected chi connectivity index (χ1v) is 5.21. The predicted molar refractivity (Wildman–Crippen MR) is 61.2 cm³/mol. The summed E-state index contributed by atoms with van der Waals surface area (Å²) in [4.78, 5) is 22.2. The molecular weight excluding hydrogens is 238 g/mol. The van der Waals surface area contributed by atoms with Gasteiger partial charge in [-0.3, -0.25) is 4.79 Å². The zero-order chi connectivity index (χ0) is 13.1. The van der Waals surface area contributed by atoms with Crippen molar-refractivity contribution >= 4 is 17.4 Å². The van der Waals surface area contributed by atoms with Gasteiger partial charge in [0.2, 0.25) is 0 Å². The number of nitrogens with zero attached hydrogens (tertiary/aromatic N) is 2. The number of aliphatic hydroxyl groups excluding tert-OH is 1. The van der Waals surface area contributed by atoms with E-state index in [-0.39, 0.29) is 6.54 Å². The highest BCUT2D eigenvalue weighted by atomic mass is 16.4. The Bertz CT molecular complexity index is 593. The summed E-state index contributed by atoms with van der Waals surface area (Å²) < 4.78 is 1.53. The van der Waals surface area contributed by atoms with Crippen LogP contribution in [0, 0.1) is 0 Å². The van der Waals surface area contributed by atoms with Crippen LogP contribution in [-0.2, 0) is 4.79 Å². The number of hydrogen-bond acceptors (Lipinski definition) is 4.